The van der Waals surface area contributed by atoms with Crippen LogP contribution in [0.25, 0.3) is 0 Å². The zero-order chi connectivity index (χ0) is 31.8. The van der Waals surface area contributed by atoms with Gasteiger partial charge >= 0.3 is 5.97 Å². The van der Waals surface area contributed by atoms with Crippen molar-refractivity contribution in [2.24, 2.45) is 11.3 Å². The van der Waals surface area contributed by atoms with Gasteiger partial charge < -0.3 is 24.4 Å². The first-order valence-electron chi connectivity index (χ1n) is 16.3. The normalized spacial score (nSPS) is 25.7. The Morgan fingerprint density at radius 2 is 1.84 bits per heavy atom. The quantitative estimate of drug-likeness (QED) is 0.347. The summed E-state index contributed by atoms with van der Waals surface area (Å²) in [5.41, 5.74) is 3.91. The minimum Gasteiger partial charge on any atom is -0.496 e. The summed E-state index contributed by atoms with van der Waals surface area (Å²) in [7, 11) is 1.70. The van der Waals surface area contributed by atoms with Gasteiger partial charge in [0.25, 0.3) is 5.91 Å². The van der Waals surface area contributed by atoms with Crippen LogP contribution in [0.2, 0.25) is 0 Å². The lowest BCUT2D eigenvalue weighted by atomic mass is 9.72. The molecule has 3 fully saturated rings. The Kier molecular flexibility index (Phi) is 9.43. The van der Waals surface area contributed by atoms with Gasteiger partial charge in [-0.05, 0) is 66.7 Å². The number of benzene rings is 1. The average Bonchev–Trinajstić information content (AvgIpc) is 3.54. The number of amides is 1. The lowest BCUT2D eigenvalue weighted by molar-refractivity contribution is -0.160. The van der Waals surface area contributed by atoms with Crippen molar-refractivity contribution in [2.45, 2.75) is 116 Å². The first kappa shape index (κ1) is 32.4. The van der Waals surface area contributed by atoms with Crippen molar-refractivity contribution < 1.29 is 23.8 Å². The number of carbonyl (C=O) groups excluding carboxylic acids is 2. The number of rotatable bonds is 9. The van der Waals surface area contributed by atoms with Gasteiger partial charge in [0.05, 0.1) is 19.8 Å². The van der Waals surface area contributed by atoms with E-state index in [1.165, 1.54) is 5.56 Å². The second-order valence-electron chi connectivity index (χ2n) is 14.7. The summed E-state index contributed by atoms with van der Waals surface area (Å²) in [4.78, 5) is 35.2. The Morgan fingerprint density at radius 3 is 2.43 bits per heavy atom. The number of hydrogen-bond donors (Lipinski definition) is 1. The molecule has 44 heavy (non-hydrogen) atoms. The molecule has 8 nitrogen and oxygen atoms in total. The SMILES string of the molecule is CCOC(=O)[C@@H]1[C@@H](C(C)(C)C)[C@H](NCc2cc(C(C)(C)C)ccc2OC)[C@H](c2cccnc2C2CC2)N1C(=O)[C@@H]1CCCO1. The average molecular weight is 606 g/mol. The Balaban J connectivity index is 1.66. The van der Waals surface area contributed by atoms with E-state index in [-0.39, 0.29) is 41.3 Å². The van der Waals surface area contributed by atoms with E-state index in [2.05, 4.69) is 65.1 Å². The van der Waals surface area contributed by atoms with Crippen LogP contribution in [0, 0.1) is 11.3 Å². The Hall–Kier alpha value is -2.97. The van der Waals surface area contributed by atoms with E-state index in [9.17, 15) is 9.59 Å². The molecule has 1 saturated carbocycles. The lowest BCUT2D eigenvalue weighted by Crippen LogP contribution is -2.50. The fourth-order valence-electron chi connectivity index (χ4n) is 7.20. The highest BCUT2D eigenvalue weighted by molar-refractivity contribution is 5.89. The molecule has 5 atom stereocenters. The Morgan fingerprint density at radius 1 is 1.09 bits per heavy atom. The lowest BCUT2D eigenvalue weighted by Gasteiger charge is -2.36. The van der Waals surface area contributed by atoms with Crippen LogP contribution in [0.5, 0.6) is 5.75 Å². The molecule has 3 heterocycles. The van der Waals surface area contributed by atoms with Crippen LogP contribution >= 0.6 is 0 Å². The maximum atomic E-state index is 14.5. The minimum atomic E-state index is -0.774. The van der Waals surface area contributed by atoms with E-state index in [0.29, 0.717) is 25.5 Å². The van der Waals surface area contributed by atoms with Gasteiger partial charge in [-0.25, -0.2) is 4.79 Å². The van der Waals surface area contributed by atoms with E-state index in [0.717, 1.165) is 41.8 Å². The third kappa shape index (κ3) is 6.52. The number of esters is 1. The molecule has 1 aromatic heterocycles. The van der Waals surface area contributed by atoms with E-state index < -0.39 is 18.2 Å². The van der Waals surface area contributed by atoms with Crippen molar-refractivity contribution >= 4 is 11.9 Å². The zero-order valence-corrected chi connectivity index (χ0v) is 27.8. The fourth-order valence-corrected chi connectivity index (χ4v) is 7.20. The summed E-state index contributed by atoms with van der Waals surface area (Å²) in [5.74, 6) is 0.423. The van der Waals surface area contributed by atoms with Crippen molar-refractivity contribution in [2.75, 3.05) is 20.3 Å². The largest absolute Gasteiger partial charge is 0.496 e. The van der Waals surface area contributed by atoms with Crippen molar-refractivity contribution in [3.8, 4) is 5.75 Å². The third-order valence-corrected chi connectivity index (χ3v) is 9.48. The highest BCUT2D eigenvalue weighted by atomic mass is 16.5. The number of carbonyl (C=O) groups is 2. The van der Waals surface area contributed by atoms with Crippen LogP contribution in [0.1, 0.15) is 108 Å². The number of likely N-dealkylation sites (tertiary alicyclic amines) is 1. The van der Waals surface area contributed by atoms with E-state index in [4.69, 9.17) is 19.2 Å². The second kappa shape index (κ2) is 12.8. The van der Waals surface area contributed by atoms with Gasteiger partial charge in [0.1, 0.15) is 17.9 Å². The number of nitrogens with zero attached hydrogens (tertiary/aromatic N) is 2. The summed E-state index contributed by atoms with van der Waals surface area (Å²) in [6.45, 7) is 16.2. The van der Waals surface area contributed by atoms with Gasteiger partial charge in [-0.3, -0.25) is 9.78 Å². The highest BCUT2D eigenvalue weighted by Crippen LogP contribution is 2.52. The molecular formula is C36H51N3O5. The topological polar surface area (TPSA) is 90.0 Å². The molecule has 1 aliphatic carbocycles. The van der Waals surface area contributed by atoms with Crippen LogP contribution in [0.15, 0.2) is 36.5 Å². The van der Waals surface area contributed by atoms with Gasteiger partial charge in [0, 0.05) is 48.5 Å². The molecule has 0 unspecified atom stereocenters. The molecule has 8 heteroatoms. The molecule has 1 amide bonds. The van der Waals surface area contributed by atoms with E-state index >= 15 is 0 Å². The van der Waals surface area contributed by atoms with Gasteiger partial charge in [0.15, 0.2) is 0 Å². The summed E-state index contributed by atoms with van der Waals surface area (Å²) in [6.07, 6.45) is 4.90. The van der Waals surface area contributed by atoms with Gasteiger partial charge in [0.2, 0.25) is 0 Å². The molecule has 240 valence electrons. The summed E-state index contributed by atoms with van der Waals surface area (Å²) >= 11 is 0. The molecule has 5 rings (SSSR count). The van der Waals surface area contributed by atoms with Gasteiger partial charge in [-0.15, -0.1) is 0 Å². The van der Waals surface area contributed by atoms with Crippen molar-refractivity contribution in [3.63, 3.8) is 0 Å². The first-order valence-corrected chi connectivity index (χ1v) is 16.3. The minimum absolute atomic E-state index is 0.0285. The van der Waals surface area contributed by atoms with E-state index in [1.807, 2.05) is 30.2 Å². The van der Waals surface area contributed by atoms with Crippen LogP contribution in [-0.4, -0.2) is 60.3 Å². The molecule has 0 bridgehead atoms. The standard InChI is InChI=1S/C36H51N3O5/c1-9-43-34(41)32-28(36(5,6)7)30(38-21-23-20-24(35(2,3)4)16-17-26(23)42-8)31(39(32)33(40)27-13-11-19-44-27)25-12-10-18-37-29(25)22-14-15-22/h10,12,16-18,20,22,27-28,30-32,38H,9,11,13-15,19,21H2,1-8H3/t27-,28-,30-,31-,32-/m0/s1. The zero-order valence-electron chi connectivity index (χ0n) is 27.8. The second-order valence-corrected chi connectivity index (χ2v) is 14.7. The van der Waals surface area contributed by atoms with Gasteiger partial charge in [-0.2, -0.15) is 0 Å². The number of ether oxygens (including phenoxy) is 3. The predicted octanol–water partition coefficient (Wildman–Crippen LogP) is 6.08. The molecule has 2 saturated heterocycles. The first-order chi connectivity index (χ1) is 20.9. The number of pyridine rings is 1. The fraction of sp³-hybridized carbons (Fsp3) is 0.639. The number of hydrogen-bond acceptors (Lipinski definition) is 7. The molecule has 1 aromatic carbocycles. The molecule has 3 aliphatic rings. The molecule has 1 N–H and O–H groups in total. The molecular weight excluding hydrogens is 554 g/mol. The number of nitrogens with one attached hydrogen (secondary N) is 1. The summed E-state index contributed by atoms with van der Waals surface area (Å²) < 4.78 is 17.5. The van der Waals surface area contributed by atoms with Crippen molar-refractivity contribution in [1.29, 1.82) is 0 Å². The third-order valence-electron chi connectivity index (χ3n) is 9.48. The Bertz CT molecular complexity index is 1340. The monoisotopic (exact) mass is 605 g/mol. The molecule has 0 radical (unpaired) electrons. The van der Waals surface area contributed by atoms with Crippen molar-refractivity contribution in [3.05, 3.63) is 58.9 Å². The van der Waals surface area contributed by atoms with Crippen LogP contribution in [-0.2, 0) is 31.0 Å². The number of methoxy groups -OCH3 is 1. The maximum absolute atomic E-state index is 14.5. The summed E-state index contributed by atoms with van der Waals surface area (Å²) in [5, 5.41) is 3.90. The maximum Gasteiger partial charge on any atom is 0.329 e. The molecule has 2 aromatic rings. The van der Waals surface area contributed by atoms with E-state index in [1.54, 1.807) is 7.11 Å². The molecule has 0 spiro atoms. The Labute approximate surface area is 263 Å². The van der Waals surface area contributed by atoms with Crippen LogP contribution in [0.4, 0.5) is 0 Å². The van der Waals surface area contributed by atoms with Crippen molar-refractivity contribution in [1.82, 2.24) is 15.2 Å². The number of aromatic nitrogens is 1. The van der Waals surface area contributed by atoms with Crippen LogP contribution in [0.3, 0.4) is 0 Å². The highest BCUT2D eigenvalue weighted by Gasteiger charge is 2.60. The summed E-state index contributed by atoms with van der Waals surface area (Å²) in [6, 6.07) is 8.95. The predicted molar refractivity (Wildman–Crippen MR) is 170 cm³/mol. The van der Waals surface area contributed by atoms with Gasteiger partial charge in [-0.1, -0.05) is 59.7 Å². The smallest absolute Gasteiger partial charge is 0.329 e. The molecule has 2 aliphatic heterocycles. The van der Waals surface area contributed by atoms with Crippen LogP contribution < -0.4 is 10.1 Å².